The smallest absolute Gasteiger partial charge is 0.0543 e. The molecule has 0 amide bonds. The zero-order valence-electron chi connectivity index (χ0n) is 25.8. The lowest BCUT2D eigenvalue weighted by atomic mass is 9.58. The molecule has 7 aromatic carbocycles. The summed E-state index contributed by atoms with van der Waals surface area (Å²) in [6.45, 7) is 7.52. The van der Waals surface area contributed by atoms with E-state index in [1.807, 2.05) is 0 Å². The van der Waals surface area contributed by atoms with E-state index in [-0.39, 0.29) is 11.0 Å². The van der Waals surface area contributed by atoms with E-state index in [0.29, 0.717) is 5.92 Å². The van der Waals surface area contributed by atoms with Crippen LogP contribution in [0.15, 0.2) is 127 Å². The van der Waals surface area contributed by atoms with Crippen LogP contribution >= 0.6 is 0 Å². The molecule has 2 unspecified atom stereocenters. The molecule has 0 saturated heterocycles. The second-order valence-electron chi connectivity index (χ2n) is 13.9. The predicted molar refractivity (Wildman–Crippen MR) is 188 cm³/mol. The number of fused-ring (bicyclic) bond motifs is 3. The van der Waals surface area contributed by atoms with Crippen LogP contribution < -0.4 is 4.90 Å². The average molecular weight is 568 g/mol. The minimum atomic E-state index is 0.0179. The lowest BCUT2D eigenvalue weighted by Gasteiger charge is -2.55. The van der Waals surface area contributed by atoms with Gasteiger partial charge in [0.25, 0.3) is 0 Å². The molecule has 0 N–H and O–H groups in total. The summed E-state index contributed by atoms with van der Waals surface area (Å²) >= 11 is 0. The second-order valence-corrected chi connectivity index (χ2v) is 13.9. The first kappa shape index (κ1) is 25.8. The van der Waals surface area contributed by atoms with Crippen LogP contribution in [0.4, 0.5) is 11.4 Å². The normalized spacial score (nSPS) is 20.8. The zero-order chi connectivity index (χ0) is 29.6. The van der Waals surface area contributed by atoms with Crippen LogP contribution in [0.25, 0.3) is 54.6 Å². The zero-order valence-corrected chi connectivity index (χ0v) is 25.8. The van der Waals surface area contributed by atoms with Crippen molar-refractivity contribution in [2.24, 2.45) is 5.41 Å². The van der Waals surface area contributed by atoms with Crippen molar-refractivity contribution in [3.63, 3.8) is 0 Å². The Kier molecular flexibility index (Phi) is 5.40. The molecule has 9 rings (SSSR count). The van der Waals surface area contributed by atoms with Gasteiger partial charge >= 0.3 is 0 Å². The van der Waals surface area contributed by atoms with Crippen LogP contribution in [0.5, 0.6) is 0 Å². The van der Waals surface area contributed by atoms with E-state index in [1.54, 1.807) is 0 Å². The highest BCUT2D eigenvalue weighted by atomic mass is 15.3. The summed E-state index contributed by atoms with van der Waals surface area (Å²) in [5.74, 6) is 0.495. The number of nitrogens with zero attached hydrogens (tertiary/aromatic N) is 1. The SMILES string of the molecule is CC1(C)CCCC2c3cc(-c4ccc5ccc6c(-c7ccccc7)ccc7ccc4c5c76)ccc3N(c3ccccc3)C21C. The van der Waals surface area contributed by atoms with Crippen LogP contribution in [0.1, 0.15) is 51.5 Å². The summed E-state index contributed by atoms with van der Waals surface area (Å²) in [5, 5.41) is 8.05. The molecule has 1 aliphatic carbocycles. The third-order valence-corrected chi connectivity index (χ3v) is 11.5. The molecule has 0 aromatic heterocycles. The van der Waals surface area contributed by atoms with Crippen molar-refractivity contribution in [1.29, 1.82) is 0 Å². The van der Waals surface area contributed by atoms with E-state index in [4.69, 9.17) is 0 Å². The molecule has 0 spiro atoms. The van der Waals surface area contributed by atoms with E-state index < -0.39 is 0 Å². The molecule has 1 heterocycles. The van der Waals surface area contributed by atoms with Gasteiger partial charge in [-0.2, -0.15) is 0 Å². The lowest BCUT2D eigenvalue weighted by molar-refractivity contribution is 0.101. The van der Waals surface area contributed by atoms with Crippen molar-refractivity contribution in [2.75, 3.05) is 4.90 Å². The minimum Gasteiger partial charge on any atom is -0.334 e. The summed E-state index contributed by atoms with van der Waals surface area (Å²) in [6.07, 6.45) is 3.77. The van der Waals surface area contributed by atoms with Gasteiger partial charge in [-0.25, -0.2) is 0 Å². The molecule has 2 aliphatic rings. The summed E-state index contributed by atoms with van der Waals surface area (Å²) < 4.78 is 0. The first-order valence-corrected chi connectivity index (χ1v) is 16.2. The maximum Gasteiger partial charge on any atom is 0.0543 e. The van der Waals surface area contributed by atoms with E-state index >= 15 is 0 Å². The van der Waals surface area contributed by atoms with Crippen LogP contribution in [0.2, 0.25) is 0 Å². The fourth-order valence-corrected chi connectivity index (χ4v) is 9.03. The van der Waals surface area contributed by atoms with E-state index in [2.05, 4.69) is 153 Å². The maximum absolute atomic E-state index is 2.69. The van der Waals surface area contributed by atoms with Gasteiger partial charge < -0.3 is 4.90 Å². The number of anilines is 2. The molecule has 1 heteroatoms. The number of benzene rings is 7. The number of hydrogen-bond acceptors (Lipinski definition) is 1. The summed E-state index contributed by atoms with van der Waals surface area (Å²) in [7, 11) is 0. The molecule has 0 radical (unpaired) electrons. The summed E-state index contributed by atoms with van der Waals surface area (Å²) in [6, 6.07) is 47.9. The van der Waals surface area contributed by atoms with Gasteiger partial charge in [-0.3, -0.25) is 0 Å². The third-order valence-electron chi connectivity index (χ3n) is 11.5. The van der Waals surface area contributed by atoms with Crippen molar-refractivity contribution >= 4 is 43.7 Å². The molecule has 1 saturated carbocycles. The van der Waals surface area contributed by atoms with Crippen molar-refractivity contribution in [2.45, 2.75) is 51.5 Å². The molecule has 214 valence electrons. The largest absolute Gasteiger partial charge is 0.334 e. The highest BCUT2D eigenvalue weighted by Gasteiger charge is 2.58. The fourth-order valence-electron chi connectivity index (χ4n) is 9.03. The van der Waals surface area contributed by atoms with Gasteiger partial charge in [0.1, 0.15) is 0 Å². The Hall–Kier alpha value is -4.62. The fraction of sp³-hybridized carbons (Fsp3) is 0.209. The van der Waals surface area contributed by atoms with E-state index in [9.17, 15) is 0 Å². The van der Waals surface area contributed by atoms with Gasteiger partial charge in [0.15, 0.2) is 0 Å². The second kappa shape index (κ2) is 9.19. The Morgan fingerprint density at radius 1 is 0.591 bits per heavy atom. The van der Waals surface area contributed by atoms with Gasteiger partial charge in [-0.1, -0.05) is 123 Å². The Morgan fingerprint density at radius 2 is 1.18 bits per heavy atom. The van der Waals surface area contributed by atoms with Gasteiger partial charge in [-0.05, 0) is 110 Å². The average Bonchev–Trinajstić information content (AvgIpc) is 3.33. The number of para-hydroxylation sites is 1. The van der Waals surface area contributed by atoms with E-state index in [0.717, 1.165) is 0 Å². The van der Waals surface area contributed by atoms with Gasteiger partial charge in [0.05, 0.1) is 5.54 Å². The Bertz CT molecular complexity index is 2190. The quantitative estimate of drug-likeness (QED) is 0.192. The Morgan fingerprint density at radius 3 is 1.84 bits per heavy atom. The highest BCUT2D eigenvalue weighted by Crippen LogP contribution is 2.63. The van der Waals surface area contributed by atoms with E-state index in [1.165, 1.54) is 90.8 Å². The van der Waals surface area contributed by atoms with Gasteiger partial charge in [0, 0.05) is 17.3 Å². The molecule has 1 nitrogen and oxygen atoms in total. The lowest BCUT2D eigenvalue weighted by Crippen LogP contribution is -2.56. The van der Waals surface area contributed by atoms with Crippen molar-refractivity contribution in [3.05, 3.63) is 133 Å². The molecule has 0 bridgehead atoms. The maximum atomic E-state index is 2.69. The predicted octanol–water partition coefficient (Wildman–Crippen LogP) is 12.1. The standard InChI is InChI=1S/C43H37N/c1-42(2)26-10-15-38-37-27-31(20-25-39(37)44(43(38,42)3)32-13-8-5-9-14-32)34-22-17-30-18-23-35-33(28-11-6-4-7-12-28)21-16-29-19-24-36(34)41(30)40(29)35/h4-9,11-14,16-25,27,38H,10,15,26H2,1-3H3. The van der Waals surface area contributed by atoms with Crippen molar-refractivity contribution < 1.29 is 0 Å². The molecule has 7 aromatic rings. The van der Waals surface area contributed by atoms with Gasteiger partial charge in [0.2, 0.25) is 0 Å². The van der Waals surface area contributed by atoms with Crippen LogP contribution in [0.3, 0.4) is 0 Å². The first-order chi connectivity index (χ1) is 21.5. The van der Waals surface area contributed by atoms with Crippen LogP contribution in [-0.4, -0.2) is 5.54 Å². The van der Waals surface area contributed by atoms with Crippen molar-refractivity contribution in [3.8, 4) is 22.3 Å². The molecule has 2 atom stereocenters. The Balaban J connectivity index is 1.26. The summed E-state index contributed by atoms with van der Waals surface area (Å²) in [4.78, 5) is 2.69. The summed E-state index contributed by atoms with van der Waals surface area (Å²) in [5.41, 5.74) is 9.63. The minimum absolute atomic E-state index is 0.0179. The molecule has 44 heavy (non-hydrogen) atoms. The highest BCUT2D eigenvalue weighted by molar-refractivity contribution is 6.27. The third kappa shape index (κ3) is 3.41. The van der Waals surface area contributed by atoms with Gasteiger partial charge in [-0.15, -0.1) is 0 Å². The number of hydrogen-bond donors (Lipinski definition) is 0. The van der Waals surface area contributed by atoms with Crippen LogP contribution in [0, 0.1) is 5.41 Å². The molecular formula is C43H37N. The molecular weight excluding hydrogens is 530 g/mol. The first-order valence-electron chi connectivity index (χ1n) is 16.2. The molecule has 1 fully saturated rings. The molecule has 1 aliphatic heterocycles. The van der Waals surface area contributed by atoms with Crippen LogP contribution in [-0.2, 0) is 0 Å². The monoisotopic (exact) mass is 567 g/mol. The topological polar surface area (TPSA) is 3.24 Å². The number of rotatable bonds is 3. The Labute approximate surface area is 260 Å². The van der Waals surface area contributed by atoms with Crippen molar-refractivity contribution in [1.82, 2.24) is 0 Å².